The summed E-state index contributed by atoms with van der Waals surface area (Å²) in [4.78, 5) is 30.8. The highest BCUT2D eigenvalue weighted by molar-refractivity contribution is 5.78. The Morgan fingerprint density at radius 3 is 2.77 bits per heavy atom. The van der Waals surface area contributed by atoms with Crippen molar-refractivity contribution >= 4 is 11.6 Å². The second-order valence-corrected chi connectivity index (χ2v) is 6.58. The molecule has 1 N–H and O–H groups in total. The number of pyridine rings is 1. The topological polar surface area (TPSA) is 80.1 Å². The van der Waals surface area contributed by atoms with Crippen molar-refractivity contribution in [1.82, 2.24) is 20.1 Å². The summed E-state index contributed by atoms with van der Waals surface area (Å²) in [6, 6.07) is 7.31. The van der Waals surface area contributed by atoms with Crippen LogP contribution in [0.2, 0.25) is 0 Å². The third-order valence-corrected chi connectivity index (χ3v) is 4.69. The molecule has 1 amide bonds. The summed E-state index contributed by atoms with van der Waals surface area (Å²) in [5.41, 5.74) is 1.63. The van der Waals surface area contributed by atoms with E-state index in [0.29, 0.717) is 13.1 Å². The lowest BCUT2D eigenvalue weighted by Crippen LogP contribution is -2.41. The zero-order valence-electron chi connectivity index (χ0n) is 15.1. The van der Waals surface area contributed by atoms with Crippen LogP contribution in [0.3, 0.4) is 0 Å². The second kappa shape index (κ2) is 8.60. The van der Waals surface area contributed by atoms with Gasteiger partial charge < -0.3 is 10.2 Å². The average molecular weight is 355 g/mol. The van der Waals surface area contributed by atoms with Crippen molar-refractivity contribution in [3.05, 3.63) is 52.7 Å². The van der Waals surface area contributed by atoms with Crippen LogP contribution < -0.4 is 15.8 Å². The third-order valence-electron chi connectivity index (χ3n) is 4.69. The molecule has 26 heavy (non-hydrogen) atoms. The van der Waals surface area contributed by atoms with Crippen molar-refractivity contribution in [2.45, 2.75) is 39.3 Å². The van der Waals surface area contributed by atoms with Crippen LogP contribution in [0.4, 0.5) is 5.69 Å². The zero-order valence-corrected chi connectivity index (χ0v) is 15.1. The number of rotatable bonds is 6. The number of hydrogen-bond acceptors (Lipinski definition) is 5. The minimum atomic E-state index is -0.0698. The largest absolute Gasteiger partial charge is 0.370 e. The SMILES string of the molecule is CCCn1ncc(N2CCC(C(=O)NCc3ccccn3)CC2)cc1=O. The van der Waals surface area contributed by atoms with Gasteiger partial charge in [-0.1, -0.05) is 13.0 Å². The molecule has 0 saturated carbocycles. The highest BCUT2D eigenvalue weighted by Gasteiger charge is 2.25. The van der Waals surface area contributed by atoms with E-state index in [0.717, 1.165) is 43.7 Å². The van der Waals surface area contributed by atoms with Gasteiger partial charge in [0.2, 0.25) is 5.91 Å². The maximum absolute atomic E-state index is 12.4. The van der Waals surface area contributed by atoms with Gasteiger partial charge in [-0.2, -0.15) is 5.10 Å². The summed E-state index contributed by atoms with van der Waals surface area (Å²) in [7, 11) is 0. The standard InChI is InChI=1S/C19H25N5O2/c1-2-9-24-18(25)12-17(14-22-24)23-10-6-15(7-11-23)19(26)21-13-16-5-3-4-8-20-16/h3-5,8,12,14-15H,2,6-7,9-11,13H2,1H3,(H,21,26). The minimum absolute atomic E-state index is 0.00313. The van der Waals surface area contributed by atoms with Crippen LogP contribution in [0.1, 0.15) is 31.9 Å². The lowest BCUT2D eigenvalue weighted by molar-refractivity contribution is -0.125. The van der Waals surface area contributed by atoms with Gasteiger partial charge in [-0.3, -0.25) is 14.6 Å². The van der Waals surface area contributed by atoms with Gasteiger partial charge in [0, 0.05) is 37.8 Å². The van der Waals surface area contributed by atoms with Gasteiger partial charge in [0.15, 0.2) is 0 Å². The predicted octanol–water partition coefficient (Wildman–Crippen LogP) is 1.58. The molecule has 0 aromatic carbocycles. The molecule has 0 bridgehead atoms. The summed E-state index contributed by atoms with van der Waals surface area (Å²) in [5, 5.41) is 7.20. The molecule has 1 aliphatic heterocycles. The number of carbonyl (C=O) groups is 1. The van der Waals surface area contributed by atoms with E-state index >= 15 is 0 Å². The molecule has 2 aromatic heterocycles. The number of piperidine rings is 1. The number of amides is 1. The zero-order chi connectivity index (χ0) is 18.4. The molecule has 138 valence electrons. The Bertz CT molecular complexity index is 782. The highest BCUT2D eigenvalue weighted by Crippen LogP contribution is 2.22. The lowest BCUT2D eigenvalue weighted by Gasteiger charge is -2.32. The number of carbonyl (C=O) groups excluding carboxylic acids is 1. The molecule has 7 heteroatoms. The van der Waals surface area contributed by atoms with Crippen LogP contribution in [0.25, 0.3) is 0 Å². The first-order valence-corrected chi connectivity index (χ1v) is 9.17. The van der Waals surface area contributed by atoms with Crippen molar-refractivity contribution in [2.24, 2.45) is 5.92 Å². The Balaban J connectivity index is 1.51. The third kappa shape index (κ3) is 4.47. The first-order chi connectivity index (χ1) is 12.7. The maximum atomic E-state index is 12.4. The van der Waals surface area contributed by atoms with Crippen LogP contribution in [-0.2, 0) is 17.9 Å². The van der Waals surface area contributed by atoms with Crippen LogP contribution >= 0.6 is 0 Å². The molecular weight excluding hydrogens is 330 g/mol. The minimum Gasteiger partial charge on any atom is -0.370 e. The molecule has 0 unspecified atom stereocenters. The Morgan fingerprint density at radius 2 is 2.12 bits per heavy atom. The van der Waals surface area contributed by atoms with Gasteiger partial charge in [-0.15, -0.1) is 0 Å². The number of nitrogens with zero attached hydrogens (tertiary/aromatic N) is 4. The predicted molar refractivity (Wildman–Crippen MR) is 99.8 cm³/mol. The van der Waals surface area contributed by atoms with E-state index in [1.807, 2.05) is 25.1 Å². The molecule has 1 saturated heterocycles. The van der Waals surface area contributed by atoms with Gasteiger partial charge in [0.1, 0.15) is 0 Å². The molecule has 0 radical (unpaired) electrons. The van der Waals surface area contributed by atoms with Crippen LogP contribution in [0, 0.1) is 5.92 Å². The van der Waals surface area contributed by atoms with Gasteiger partial charge >= 0.3 is 0 Å². The fraction of sp³-hybridized carbons (Fsp3) is 0.474. The normalized spacial score (nSPS) is 15.0. The number of aryl methyl sites for hydroxylation is 1. The smallest absolute Gasteiger partial charge is 0.268 e. The molecule has 3 rings (SSSR count). The van der Waals surface area contributed by atoms with Crippen molar-refractivity contribution in [3.8, 4) is 0 Å². The average Bonchev–Trinajstić information content (AvgIpc) is 2.69. The van der Waals surface area contributed by atoms with E-state index in [9.17, 15) is 9.59 Å². The Morgan fingerprint density at radius 1 is 1.31 bits per heavy atom. The lowest BCUT2D eigenvalue weighted by atomic mass is 9.95. The first kappa shape index (κ1) is 18.1. The second-order valence-electron chi connectivity index (χ2n) is 6.58. The Kier molecular flexibility index (Phi) is 5.99. The van der Waals surface area contributed by atoms with E-state index < -0.39 is 0 Å². The maximum Gasteiger partial charge on any atom is 0.268 e. The van der Waals surface area contributed by atoms with Gasteiger partial charge in [0.05, 0.1) is 24.1 Å². The van der Waals surface area contributed by atoms with E-state index in [1.165, 1.54) is 4.68 Å². The molecule has 3 heterocycles. The molecule has 2 aromatic rings. The molecule has 0 spiro atoms. The van der Waals surface area contributed by atoms with E-state index in [1.54, 1.807) is 18.5 Å². The Hall–Kier alpha value is -2.70. The number of anilines is 1. The van der Waals surface area contributed by atoms with Crippen LogP contribution in [0.5, 0.6) is 0 Å². The quantitative estimate of drug-likeness (QED) is 0.851. The molecule has 0 atom stereocenters. The highest BCUT2D eigenvalue weighted by atomic mass is 16.2. The van der Waals surface area contributed by atoms with E-state index in [2.05, 4.69) is 20.3 Å². The number of aromatic nitrogens is 3. The van der Waals surface area contributed by atoms with Crippen molar-refractivity contribution in [1.29, 1.82) is 0 Å². The van der Waals surface area contributed by atoms with Crippen LogP contribution in [-0.4, -0.2) is 33.8 Å². The number of hydrogen-bond donors (Lipinski definition) is 1. The summed E-state index contributed by atoms with van der Waals surface area (Å²) in [6.45, 7) is 4.62. The van der Waals surface area contributed by atoms with Gasteiger partial charge in [-0.25, -0.2) is 4.68 Å². The van der Waals surface area contributed by atoms with E-state index in [-0.39, 0.29) is 17.4 Å². The fourth-order valence-electron chi connectivity index (χ4n) is 3.20. The molecule has 0 aliphatic carbocycles. The molecule has 7 nitrogen and oxygen atoms in total. The fourth-order valence-corrected chi connectivity index (χ4v) is 3.20. The summed E-state index contributed by atoms with van der Waals surface area (Å²) >= 11 is 0. The Labute approximate surface area is 153 Å². The van der Waals surface area contributed by atoms with E-state index in [4.69, 9.17) is 0 Å². The van der Waals surface area contributed by atoms with Gasteiger partial charge in [0.25, 0.3) is 5.56 Å². The van der Waals surface area contributed by atoms with Crippen molar-refractivity contribution < 1.29 is 4.79 Å². The molecule has 1 fully saturated rings. The van der Waals surface area contributed by atoms with Crippen molar-refractivity contribution in [2.75, 3.05) is 18.0 Å². The summed E-state index contributed by atoms with van der Waals surface area (Å²) in [6.07, 6.45) is 5.89. The molecule has 1 aliphatic rings. The molecular formula is C19H25N5O2. The van der Waals surface area contributed by atoms with Gasteiger partial charge in [-0.05, 0) is 31.4 Å². The summed E-state index contributed by atoms with van der Waals surface area (Å²) < 4.78 is 1.49. The van der Waals surface area contributed by atoms with Crippen molar-refractivity contribution in [3.63, 3.8) is 0 Å². The monoisotopic (exact) mass is 355 g/mol. The number of nitrogens with one attached hydrogen (secondary N) is 1. The summed E-state index contributed by atoms with van der Waals surface area (Å²) in [5.74, 6) is 0.0789. The van der Waals surface area contributed by atoms with Crippen LogP contribution in [0.15, 0.2) is 41.5 Å². The first-order valence-electron chi connectivity index (χ1n) is 9.17.